The van der Waals surface area contributed by atoms with Gasteiger partial charge in [-0.2, -0.15) is 5.10 Å². The SMILES string of the molecule is O=C(Cn1ncc2ccccc21)c1ccc(Cl)cc1Cl. The van der Waals surface area contributed by atoms with E-state index in [0.29, 0.717) is 15.6 Å². The molecular weight excluding hydrogens is 295 g/mol. The molecule has 0 atom stereocenters. The second-order valence-electron chi connectivity index (χ2n) is 4.41. The molecule has 0 saturated carbocycles. The van der Waals surface area contributed by atoms with Crippen molar-refractivity contribution in [3.8, 4) is 0 Å². The summed E-state index contributed by atoms with van der Waals surface area (Å²) < 4.78 is 1.67. The van der Waals surface area contributed by atoms with Gasteiger partial charge in [0.25, 0.3) is 0 Å². The molecule has 0 saturated heterocycles. The van der Waals surface area contributed by atoms with Gasteiger partial charge in [0.15, 0.2) is 5.78 Å². The lowest BCUT2D eigenvalue weighted by Crippen LogP contribution is -2.12. The second-order valence-corrected chi connectivity index (χ2v) is 5.25. The Morgan fingerprint density at radius 3 is 2.75 bits per heavy atom. The van der Waals surface area contributed by atoms with Gasteiger partial charge in [0, 0.05) is 16.0 Å². The molecule has 1 heterocycles. The quantitative estimate of drug-likeness (QED) is 0.679. The van der Waals surface area contributed by atoms with E-state index >= 15 is 0 Å². The zero-order valence-electron chi connectivity index (χ0n) is 10.4. The zero-order valence-corrected chi connectivity index (χ0v) is 11.9. The number of nitrogens with zero attached hydrogens (tertiary/aromatic N) is 2. The van der Waals surface area contributed by atoms with Crippen LogP contribution in [0.4, 0.5) is 0 Å². The molecule has 0 aliphatic heterocycles. The first-order valence-electron chi connectivity index (χ1n) is 6.04. The van der Waals surface area contributed by atoms with Crippen molar-refractivity contribution in [1.29, 1.82) is 0 Å². The molecule has 0 amide bonds. The second kappa shape index (κ2) is 5.27. The number of hydrogen-bond donors (Lipinski definition) is 0. The Labute approximate surface area is 125 Å². The molecule has 0 unspecified atom stereocenters. The molecule has 3 rings (SSSR count). The van der Waals surface area contributed by atoms with Gasteiger partial charge in [-0.25, -0.2) is 0 Å². The number of carbonyl (C=O) groups is 1. The van der Waals surface area contributed by atoms with Crippen LogP contribution in [0.25, 0.3) is 10.9 Å². The predicted molar refractivity (Wildman–Crippen MR) is 80.5 cm³/mol. The average Bonchev–Trinajstić information content (AvgIpc) is 2.82. The zero-order chi connectivity index (χ0) is 14.1. The lowest BCUT2D eigenvalue weighted by atomic mass is 10.1. The minimum atomic E-state index is -0.0967. The number of halogens is 2. The van der Waals surface area contributed by atoms with E-state index in [9.17, 15) is 4.79 Å². The summed E-state index contributed by atoms with van der Waals surface area (Å²) in [7, 11) is 0. The molecule has 5 heteroatoms. The van der Waals surface area contributed by atoms with Crippen LogP contribution in [0.1, 0.15) is 10.4 Å². The highest BCUT2D eigenvalue weighted by molar-refractivity contribution is 6.36. The number of hydrogen-bond acceptors (Lipinski definition) is 2. The maximum atomic E-state index is 12.3. The molecule has 20 heavy (non-hydrogen) atoms. The van der Waals surface area contributed by atoms with E-state index in [1.54, 1.807) is 29.1 Å². The smallest absolute Gasteiger partial charge is 0.185 e. The molecule has 100 valence electrons. The van der Waals surface area contributed by atoms with Gasteiger partial charge >= 0.3 is 0 Å². The summed E-state index contributed by atoms with van der Waals surface area (Å²) in [6, 6.07) is 12.6. The molecule has 0 aliphatic carbocycles. The molecule has 3 nitrogen and oxygen atoms in total. The number of carbonyl (C=O) groups excluding carboxylic acids is 1. The fourth-order valence-corrected chi connectivity index (χ4v) is 2.60. The van der Waals surface area contributed by atoms with Crippen LogP contribution in [0.15, 0.2) is 48.7 Å². The molecule has 0 spiro atoms. The lowest BCUT2D eigenvalue weighted by Gasteiger charge is -2.05. The number of benzene rings is 2. The van der Waals surface area contributed by atoms with Crippen LogP contribution in [-0.2, 0) is 6.54 Å². The summed E-state index contributed by atoms with van der Waals surface area (Å²) in [6.45, 7) is 0.148. The Kier molecular flexibility index (Phi) is 3.47. The molecule has 1 aromatic heterocycles. The maximum absolute atomic E-state index is 12.3. The molecule has 0 bridgehead atoms. The largest absolute Gasteiger partial charge is 0.292 e. The van der Waals surface area contributed by atoms with E-state index in [-0.39, 0.29) is 12.3 Å². The van der Waals surface area contributed by atoms with Crippen LogP contribution in [0.5, 0.6) is 0 Å². The van der Waals surface area contributed by atoms with Crippen LogP contribution in [0.3, 0.4) is 0 Å². The summed E-state index contributed by atoms with van der Waals surface area (Å²) in [5.41, 5.74) is 1.38. The Balaban J connectivity index is 1.92. The minimum absolute atomic E-state index is 0.0967. The molecule has 0 aliphatic rings. The van der Waals surface area contributed by atoms with Crippen molar-refractivity contribution in [2.45, 2.75) is 6.54 Å². The van der Waals surface area contributed by atoms with Gasteiger partial charge in [-0.1, -0.05) is 41.4 Å². The number of rotatable bonds is 3. The minimum Gasteiger partial charge on any atom is -0.292 e. The van der Waals surface area contributed by atoms with E-state index < -0.39 is 0 Å². The number of fused-ring (bicyclic) bond motifs is 1. The Bertz CT molecular complexity index is 795. The summed E-state index contributed by atoms with van der Waals surface area (Å²) in [5.74, 6) is -0.0967. The first-order chi connectivity index (χ1) is 9.65. The van der Waals surface area contributed by atoms with E-state index in [0.717, 1.165) is 10.9 Å². The van der Waals surface area contributed by atoms with E-state index in [1.807, 2.05) is 24.3 Å². The van der Waals surface area contributed by atoms with E-state index in [1.165, 1.54) is 0 Å². The molecule has 3 aromatic rings. The third-order valence-corrected chi connectivity index (χ3v) is 3.62. The summed E-state index contributed by atoms with van der Waals surface area (Å²) in [4.78, 5) is 12.3. The predicted octanol–water partition coefficient (Wildman–Crippen LogP) is 4.23. The lowest BCUT2D eigenvalue weighted by molar-refractivity contribution is 0.0969. The first kappa shape index (κ1) is 13.2. The fourth-order valence-electron chi connectivity index (χ4n) is 2.09. The Morgan fingerprint density at radius 1 is 1.15 bits per heavy atom. The van der Waals surface area contributed by atoms with Crippen LogP contribution in [0, 0.1) is 0 Å². The van der Waals surface area contributed by atoms with Crippen molar-refractivity contribution in [1.82, 2.24) is 9.78 Å². The van der Waals surface area contributed by atoms with E-state index in [2.05, 4.69) is 5.10 Å². The van der Waals surface area contributed by atoms with Gasteiger partial charge in [0.2, 0.25) is 0 Å². The van der Waals surface area contributed by atoms with Crippen molar-refractivity contribution in [3.05, 3.63) is 64.3 Å². The Hall–Kier alpha value is -1.84. The van der Waals surface area contributed by atoms with Crippen molar-refractivity contribution in [2.24, 2.45) is 0 Å². The molecule has 0 N–H and O–H groups in total. The molecule has 2 aromatic carbocycles. The number of para-hydroxylation sites is 1. The summed E-state index contributed by atoms with van der Waals surface area (Å²) in [5, 5.41) is 6.11. The maximum Gasteiger partial charge on any atom is 0.185 e. The van der Waals surface area contributed by atoms with Crippen LogP contribution in [0.2, 0.25) is 10.0 Å². The van der Waals surface area contributed by atoms with Gasteiger partial charge in [-0.15, -0.1) is 0 Å². The summed E-state index contributed by atoms with van der Waals surface area (Å²) in [6.07, 6.45) is 1.74. The third kappa shape index (κ3) is 2.42. The first-order valence-corrected chi connectivity index (χ1v) is 6.79. The van der Waals surface area contributed by atoms with Crippen molar-refractivity contribution >= 4 is 39.9 Å². The molecule has 0 fully saturated rings. The van der Waals surface area contributed by atoms with Gasteiger partial charge in [-0.05, 0) is 24.3 Å². The van der Waals surface area contributed by atoms with Crippen molar-refractivity contribution in [3.63, 3.8) is 0 Å². The highest BCUT2D eigenvalue weighted by Gasteiger charge is 2.13. The topological polar surface area (TPSA) is 34.9 Å². The van der Waals surface area contributed by atoms with Crippen molar-refractivity contribution < 1.29 is 4.79 Å². The van der Waals surface area contributed by atoms with Gasteiger partial charge in [0.1, 0.15) is 6.54 Å². The average molecular weight is 305 g/mol. The van der Waals surface area contributed by atoms with Gasteiger partial charge in [-0.3, -0.25) is 9.48 Å². The molecule has 0 radical (unpaired) electrons. The van der Waals surface area contributed by atoms with Crippen LogP contribution < -0.4 is 0 Å². The fraction of sp³-hybridized carbons (Fsp3) is 0.0667. The van der Waals surface area contributed by atoms with Gasteiger partial charge in [0.05, 0.1) is 16.7 Å². The number of aromatic nitrogens is 2. The van der Waals surface area contributed by atoms with E-state index in [4.69, 9.17) is 23.2 Å². The number of ketones is 1. The monoisotopic (exact) mass is 304 g/mol. The Morgan fingerprint density at radius 2 is 1.95 bits per heavy atom. The van der Waals surface area contributed by atoms with Crippen molar-refractivity contribution in [2.75, 3.05) is 0 Å². The highest BCUT2D eigenvalue weighted by Crippen LogP contribution is 2.22. The van der Waals surface area contributed by atoms with Gasteiger partial charge < -0.3 is 0 Å². The van der Waals surface area contributed by atoms with Crippen LogP contribution >= 0.6 is 23.2 Å². The normalized spacial score (nSPS) is 10.9. The molecular formula is C15H10Cl2N2O. The number of Topliss-reactive ketones (excluding diaryl/α,β-unsaturated/α-hetero) is 1. The standard InChI is InChI=1S/C15H10Cl2N2O/c16-11-5-6-12(13(17)7-11)15(20)9-19-14-4-2-1-3-10(14)8-18-19/h1-8H,9H2. The third-order valence-electron chi connectivity index (χ3n) is 3.08. The van der Waals surface area contributed by atoms with Crippen LogP contribution in [-0.4, -0.2) is 15.6 Å². The highest BCUT2D eigenvalue weighted by atomic mass is 35.5. The summed E-state index contributed by atoms with van der Waals surface area (Å²) >= 11 is 11.9.